The Bertz CT molecular complexity index is 3880. The highest BCUT2D eigenvalue weighted by Crippen LogP contribution is 2.40. The van der Waals surface area contributed by atoms with Gasteiger partial charge in [0.1, 0.15) is 11.2 Å². The van der Waals surface area contributed by atoms with Gasteiger partial charge in [-0.05, 0) is 99.6 Å². The number of furan rings is 1. The first-order valence-electron chi connectivity index (χ1n) is 23.0. The van der Waals surface area contributed by atoms with Crippen molar-refractivity contribution in [3.8, 4) is 84.1 Å². The van der Waals surface area contributed by atoms with Crippen molar-refractivity contribution in [1.29, 1.82) is 0 Å². The van der Waals surface area contributed by atoms with Crippen molar-refractivity contribution in [2.75, 3.05) is 0 Å². The predicted molar refractivity (Wildman–Crippen MR) is 282 cm³/mol. The Kier molecular flexibility index (Phi) is 9.47. The van der Waals surface area contributed by atoms with E-state index in [0.29, 0.717) is 5.82 Å². The summed E-state index contributed by atoms with van der Waals surface area (Å²) in [5.41, 5.74) is 19.2. The largest absolute Gasteiger partial charge is 0.455 e. The maximum Gasteiger partial charge on any atom is 0.160 e. The van der Waals surface area contributed by atoms with Crippen LogP contribution in [0, 0.1) is 0 Å². The third kappa shape index (κ3) is 6.95. The summed E-state index contributed by atoms with van der Waals surface area (Å²) < 4.78 is 8.80. The molecular formula is C64H41N3O. The highest BCUT2D eigenvalue weighted by Gasteiger charge is 2.17. The van der Waals surface area contributed by atoms with Crippen LogP contribution in [0.25, 0.3) is 128 Å². The molecule has 0 fully saturated rings. The van der Waals surface area contributed by atoms with E-state index < -0.39 is 0 Å². The molecule has 4 heteroatoms. The fourth-order valence-electron chi connectivity index (χ4n) is 9.83. The average Bonchev–Trinajstić information content (AvgIpc) is 3.97. The molecule has 0 bridgehead atoms. The van der Waals surface area contributed by atoms with E-state index >= 15 is 0 Å². The normalized spacial score (nSPS) is 11.5. The summed E-state index contributed by atoms with van der Waals surface area (Å²) in [6.07, 6.45) is 0. The molecule has 4 nitrogen and oxygen atoms in total. The second-order valence-corrected chi connectivity index (χ2v) is 17.3. The summed E-state index contributed by atoms with van der Waals surface area (Å²) >= 11 is 0. The van der Waals surface area contributed by atoms with Gasteiger partial charge in [-0.1, -0.05) is 188 Å². The van der Waals surface area contributed by atoms with Crippen molar-refractivity contribution in [1.82, 2.24) is 14.5 Å². The van der Waals surface area contributed by atoms with Gasteiger partial charge in [0, 0.05) is 49.5 Å². The number of fused-ring (bicyclic) bond motifs is 6. The van der Waals surface area contributed by atoms with Crippen molar-refractivity contribution >= 4 is 43.7 Å². The lowest BCUT2D eigenvalue weighted by atomic mass is 9.97. The van der Waals surface area contributed by atoms with Crippen LogP contribution in [0.3, 0.4) is 0 Å². The lowest BCUT2D eigenvalue weighted by molar-refractivity contribution is 0.670. The minimum atomic E-state index is 0.675. The second-order valence-electron chi connectivity index (χ2n) is 17.3. The minimum absolute atomic E-state index is 0.675. The average molecular weight is 868 g/mol. The molecule has 318 valence electrons. The first kappa shape index (κ1) is 39.3. The maximum absolute atomic E-state index is 6.44. The van der Waals surface area contributed by atoms with Crippen LogP contribution in [-0.2, 0) is 0 Å². The van der Waals surface area contributed by atoms with Gasteiger partial charge in [0.2, 0.25) is 0 Å². The van der Waals surface area contributed by atoms with Crippen LogP contribution >= 0.6 is 0 Å². The Hall–Kier alpha value is -9.12. The third-order valence-electron chi connectivity index (χ3n) is 13.3. The third-order valence-corrected chi connectivity index (χ3v) is 13.3. The summed E-state index contributed by atoms with van der Waals surface area (Å²) in [6, 6.07) is 88.1. The number of hydrogen-bond acceptors (Lipinski definition) is 3. The molecule has 0 unspecified atom stereocenters. The second kappa shape index (κ2) is 16.4. The van der Waals surface area contributed by atoms with E-state index in [4.69, 9.17) is 14.4 Å². The summed E-state index contributed by atoms with van der Waals surface area (Å²) in [6.45, 7) is 0. The van der Waals surface area contributed by atoms with E-state index in [1.807, 2.05) is 24.3 Å². The van der Waals surface area contributed by atoms with Crippen molar-refractivity contribution < 1.29 is 4.42 Å². The molecule has 0 radical (unpaired) electrons. The fraction of sp³-hybridized carbons (Fsp3) is 0. The molecule has 10 aromatic carbocycles. The van der Waals surface area contributed by atoms with E-state index in [-0.39, 0.29) is 0 Å². The Morgan fingerprint density at radius 2 is 0.779 bits per heavy atom. The summed E-state index contributed by atoms with van der Waals surface area (Å²) in [7, 11) is 0. The number of hydrogen-bond donors (Lipinski definition) is 0. The van der Waals surface area contributed by atoms with Crippen LogP contribution in [0.2, 0.25) is 0 Å². The standard InChI is InChI=1S/C64H41N3O/c1-3-13-42(14-4-1)44-25-29-46(30-26-44)58-41-59(47-31-27-45(28-32-47)43-15-5-2-6-16-43)66-64(65-58)48-33-36-52(37-34-48)67-60-23-9-7-19-54(60)57-40-50(35-38-61(57)67)49-17-11-18-51(39-49)53-21-12-22-56-55-20-8-10-24-62(55)68-63(53)56/h1-41H. The van der Waals surface area contributed by atoms with Gasteiger partial charge < -0.3 is 8.98 Å². The highest BCUT2D eigenvalue weighted by molar-refractivity contribution is 6.11. The first-order chi connectivity index (χ1) is 33.7. The van der Waals surface area contributed by atoms with E-state index in [0.717, 1.165) is 89.0 Å². The zero-order valence-corrected chi connectivity index (χ0v) is 36.9. The Balaban J connectivity index is 0.868. The lowest BCUT2D eigenvalue weighted by Gasteiger charge is -2.12. The Labute approximate surface area is 393 Å². The van der Waals surface area contributed by atoms with Crippen LogP contribution in [0.1, 0.15) is 0 Å². The molecule has 3 aromatic heterocycles. The zero-order valence-electron chi connectivity index (χ0n) is 36.9. The molecule has 0 saturated carbocycles. The van der Waals surface area contributed by atoms with E-state index in [2.05, 4.69) is 229 Å². The van der Waals surface area contributed by atoms with Crippen LogP contribution in [0.5, 0.6) is 0 Å². The van der Waals surface area contributed by atoms with Crippen molar-refractivity contribution in [3.05, 3.63) is 249 Å². The molecular weight excluding hydrogens is 827 g/mol. The van der Waals surface area contributed by atoms with E-state index in [1.165, 1.54) is 33.0 Å². The van der Waals surface area contributed by atoms with Crippen molar-refractivity contribution in [2.24, 2.45) is 0 Å². The molecule has 0 spiro atoms. The summed E-state index contributed by atoms with van der Waals surface area (Å²) in [5, 5.41) is 4.67. The molecule has 0 N–H and O–H groups in total. The number of benzene rings is 10. The lowest BCUT2D eigenvalue weighted by Crippen LogP contribution is -1.97. The topological polar surface area (TPSA) is 43.9 Å². The van der Waals surface area contributed by atoms with Gasteiger partial charge in [-0.2, -0.15) is 0 Å². The van der Waals surface area contributed by atoms with Crippen molar-refractivity contribution in [2.45, 2.75) is 0 Å². The molecule has 0 amide bonds. The van der Waals surface area contributed by atoms with Gasteiger partial charge in [0.15, 0.2) is 5.82 Å². The number of aromatic nitrogens is 3. The van der Waals surface area contributed by atoms with Gasteiger partial charge in [-0.3, -0.25) is 0 Å². The van der Waals surface area contributed by atoms with E-state index in [9.17, 15) is 0 Å². The molecule has 13 rings (SSSR count). The van der Waals surface area contributed by atoms with Crippen molar-refractivity contribution in [3.63, 3.8) is 0 Å². The monoisotopic (exact) mass is 867 g/mol. The molecule has 0 aliphatic carbocycles. The van der Waals surface area contributed by atoms with Gasteiger partial charge >= 0.3 is 0 Å². The predicted octanol–water partition coefficient (Wildman–Crippen LogP) is 17.1. The van der Waals surface area contributed by atoms with E-state index in [1.54, 1.807) is 0 Å². The molecule has 13 aromatic rings. The maximum atomic E-state index is 6.44. The van der Waals surface area contributed by atoms with Crippen LogP contribution < -0.4 is 0 Å². The smallest absolute Gasteiger partial charge is 0.160 e. The van der Waals surface area contributed by atoms with Crippen LogP contribution in [-0.4, -0.2) is 14.5 Å². The fourth-order valence-corrected chi connectivity index (χ4v) is 9.83. The summed E-state index contributed by atoms with van der Waals surface area (Å²) in [5.74, 6) is 0.675. The molecule has 0 aliphatic heterocycles. The first-order valence-corrected chi connectivity index (χ1v) is 23.0. The zero-order chi connectivity index (χ0) is 45.0. The molecule has 0 saturated heterocycles. The van der Waals surface area contributed by atoms with Gasteiger partial charge in [0.05, 0.1) is 22.4 Å². The number of nitrogens with zero attached hydrogens (tertiary/aromatic N) is 3. The Morgan fingerprint density at radius 3 is 1.47 bits per heavy atom. The van der Waals surface area contributed by atoms with Gasteiger partial charge in [-0.25, -0.2) is 9.97 Å². The van der Waals surface area contributed by atoms with Crippen LogP contribution in [0.4, 0.5) is 0 Å². The Morgan fingerprint density at radius 1 is 0.294 bits per heavy atom. The molecule has 0 atom stereocenters. The van der Waals surface area contributed by atoms with Crippen LogP contribution in [0.15, 0.2) is 253 Å². The number of rotatable bonds is 8. The minimum Gasteiger partial charge on any atom is -0.455 e. The number of para-hydroxylation sites is 3. The highest BCUT2D eigenvalue weighted by atomic mass is 16.3. The molecule has 0 aliphatic rings. The molecule has 68 heavy (non-hydrogen) atoms. The van der Waals surface area contributed by atoms with Gasteiger partial charge in [-0.15, -0.1) is 0 Å². The quantitative estimate of drug-likeness (QED) is 0.153. The van der Waals surface area contributed by atoms with Gasteiger partial charge in [0.25, 0.3) is 0 Å². The SMILES string of the molecule is c1ccc(-c2ccc(-c3cc(-c4ccc(-c5ccccc5)cc4)nc(-c4ccc(-n5c6ccccc6c6cc(-c7cccc(-c8cccc9c8oc8ccccc89)c7)ccc65)cc4)n3)cc2)cc1. The summed E-state index contributed by atoms with van der Waals surface area (Å²) in [4.78, 5) is 10.4. The molecule has 3 heterocycles.